The Morgan fingerprint density at radius 3 is 2.93 bits per heavy atom. The van der Waals surface area contributed by atoms with Crippen LogP contribution in [0.5, 0.6) is 0 Å². The molecule has 1 aromatic rings. The Balaban J connectivity index is 2.05. The minimum absolute atomic E-state index is 0.0282. The van der Waals surface area contributed by atoms with Gasteiger partial charge < -0.3 is 9.84 Å². The van der Waals surface area contributed by atoms with Crippen molar-refractivity contribution >= 4 is 11.6 Å². The van der Waals surface area contributed by atoms with Crippen LogP contribution in [0.4, 0.5) is 0 Å². The smallest absolute Gasteiger partial charge is 0.183 e. The van der Waals surface area contributed by atoms with Gasteiger partial charge in [-0.25, -0.2) is 4.98 Å². The van der Waals surface area contributed by atoms with Crippen molar-refractivity contribution in [3.05, 3.63) is 28.5 Å². The van der Waals surface area contributed by atoms with Gasteiger partial charge in [-0.05, 0) is 30.4 Å². The molecular weight excluding hydrogens is 202 g/mol. The first-order valence-electron chi connectivity index (χ1n) is 4.74. The Kier molecular flexibility index (Phi) is 1.81. The number of aliphatic hydroxyl groups excluding tert-OH is 1. The summed E-state index contributed by atoms with van der Waals surface area (Å²) in [4.78, 5) is 3.94. The number of hydrogen-bond donors (Lipinski definition) is 1. The fourth-order valence-electron chi connectivity index (χ4n) is 1.96. The highest BCUT2D eigenvalue weighted by Crippen LogP contribution is 2.50. The van der Waals surface area contributed by atoms with E-state index in [1.54, 1.807) is 12.3 Å². The number of nitrogens with zero attached hydrogens (tertiary/aromatic N) is 1. The van der Waals surface area contributed by atoms with Crippen LogP contribution in [0, 0.1) is 5.92 Å². The van der Waals surface area contributed by atoms with Gasteiger partial charge in [-0.1, -0.05) is 11.6 Å². The number of halogens is 1. The van der Waals surface area contributed by atoms with Crippen LogP contribution in [0.1, 0.15) is 36.4 Å². The van der Waals surface area contributed by atoms with Crippen LogP contribution in [-0.4, -0.2) is 10.1 Å². The second-order valence-electron chi connectivity index (χ2n) is 3.88. The molecular formula is C10H10ClNO2. The van der Waals surface area contributed by atoms with Crippen molar-refractivity contribution in [3.63, 3.8) is 0 Å². The molecule has 1 fully saturated rings. The number of aliphatic hydroxyl groups is 1. The van der Waals surface area contributed by atoms with Gasteiger partial charge in [0, 0.05) is 11.8 Å². The first kappa shape index (κ1) is 8.65. The summed E-state index contributed by atoms with van der Waals surface area (Å²) in [5.74, 6) is 0.560. The quantitative estimate of drug-likeness (QED) is 0.725. The number of fused-ring (bicyclic) bond motifs is 1. The molecule has 1 aliphatic carbocycles. The van der Waals surface area contributed by atoms with Gasteiger partial charge in [0.2, 0.25) is 0 Å². The molecule has 0 aromatic carbocycles. The molecule has 2 atom stereocenters. The molecule has 1 saturated carbocycles. The average molecular weight is 212 g/mol. The van der Waals surface area contributed by atoms with E-state index in [-0.39, 0.29) is 6.10 Å². The summed E-state index contributed by atoms with van der Waals surface area (Å²) in [7, 11) is 0. The predicted octanol–water partition coefficient (Wildman–Crippen LogP) is 2.21. The van der Waals surface area contributed by atoms with Crippen molar-refractivity contribution < 1.29 is 9.84 Å². The molecule has 14 heavy (non-hydrogen) atoms. The number of rotatable bonds is 1. The predicted molar refractivity (Wildman–Crippen MR) is 50.8 cm³/mol. The Labute approximate surface area is 86.7 Å². The second kappa shape index (κ2) is 2.92. The maximum atomic E-state index is 9.61. The number of aromatic nitrogens is 1. The number of ether oxygens (including phenoxy) is 1. The summed E-state index contributed by atoms with van der Waals surface area (Å²) in [5.41, 5.74) is 1.78. The van der Waals surface area contributed by atoms with Crippen molar-refractivity contribution in [2.24, 2.45) is 5.92 Å². The molecule has 4 heteroatoms. The highest BCUT2D eigenvalue weighted by atomic mass is 35.5. The molecule has 3 nitrogen and oxygen atoms in total. The fraction of sp³-hybridized carbons (Fsp3) is 0.500. The van der Waals surface area contributed by atoms with E-state index in [1.165, 1.54) is 12.8 Å². The molecule has 2 heterocycles. The first-order chi connectivity index (χ1) is 6.75. The van der Waals surface area contributed by atoms with Gasteiger partial charge in [0.05, 0.1) is 6.10 Å². The molecule has 0 saturated heterocycles. The molecule has 0 radical (unpaired) electrons. The lowest BCUT2D eigenvalue weighted by Gasteiger charge is -2.09. The van der Waals surface area contributed by atoms with Crippen LogP contribution in [0.2, 0.25) is 5.15 Å². The van der Waals surface area contributed by atoms with Crippen molar-refractivity contribution in [1.29, 1.82) is 0 Å². The summed E-state index contributed by atoms with van der Waals surface area (Å²) >= 11 is 5.81. The summed E-state index contributed by atoms with van der Waals surface area (Å²) in [6, 6.07) is 1.80. The van der Waals surface area contributed by atoms with Crippen LogP contribution in [0.25, 0.3) is 0 Å². The van der Waals surface area contributed by atoms with Gasteiger partial charge in [-0.3, -0.25) is 0 Å². The number of hydrogen-bond acceptors (Lipinski definition) is 3. The number of pyridine rings is 1. The van der Waals surface area contributed by atoms with Gasteiger partial charge in [-0.2, -0.15) is 0 Å². The summed E-state index contributed by atoms with van der Waals surface area (Å²) in [6.45, 7) is 0. The first-order valence-corrected chi connectivity index (χ1v) is 5.12. The Hall–Kier alpha value is -0.640. The van der Waals surface area contributed by atoms with Crippen LogP contribution in [-0.2, 0) is 4.74 Å². The van der Waals surface area contributed by atoms with Crippen molar-refractivity contribution in [2.75, 3.05) is 0 Å². The van der Waals surface area contributed by atoms with Crippen LogP contribution < -0.4 is 0 Å². The van der Waals surface area contributed by atoms with Gasteiger partial charge in [-0.15, -0.1) is 0 Å². The summed E-state index contributed by atoms with van der Waals surface area (Å²) in [6.07, 6.45) is 3.17. The van der Waals surface area contributed by atoms with Crippen LogP contribution in [0.3, 0.4) is 0 Å². The fourth-order valence-corrected chi connectivity index (χ4v) is 2.12. The minimum atomic E-state index is -0.819. The maximum absolute atomic E-state index is 9.61. The van der Waals surface area contributed by atoms with E-state index in [0.29, 0.717) is 11.1 Å². The van der Waals surface area contributed by atoms with E-state index in [2.05, 4.69) is 4.98 Å². The van der Waals surface area contributed by atoms with E-state index >= 15 is 0 Å². The van der Waals surface area contributed by atoms with Gasteiger partial charge in [0.1, 0.15) is 5.15 Å². The molecule has 2 aliphatic rings. The molecule has 1 N–H and O–H groups in total. The van der Waals surface area contributed by atoms with Crippen LogP contribution in [0.15, 0.2) is 12.3 Å². The van der Waals surface area contributed by atoms with Crippen molar-refractivity contribution in [3.8, 4) is 0 Å². The minimum Gasteiger partial charge on any atom is -0.364 e. The molecule has 1 aliphatic heterocycles. The van der Waals surface area contributed by atoms with Crippen molar-refractivity contribution in [1.82, 2.24) is 4.98 Å². The third-order valence-electron chi connectivity index (χ3n) is 2.83. The van der Waals surface area contributed by atoms with E-state index < -0.39 is 6.29 Å². The zero-order valence-corrected chi connectivity index (χ0v) is 8.24. The Bertz CT molecular complexity index is 378. The van der Waals surface area contributed by atoms with E-state index in [4.69, 9.17) is 16.3 Å². The highest BCUT2D eigenvalue weighted by Gasteiger charge is 2.41. The van der Waals surface area contributed by atoms with Gasteiger partial charge in [0.15, 0.2) is 6.29 Å². The van der Waals surface area contributed by atoms with E-state index in [0.717, 1.165) is 11.1 Å². The molecule has 1 aromatic heterocycles. The Morgan fingerprint density at radius 1 is 1.43 bits per heavy atom. The monoisotopic (exact) mass is 211 g/mol. The summed E-state index contributed by atoms with van der Waals surface area (Å²) in [5, 5.41) is 10.1. The Morgan fingerprint density at radius 2 is 2.21 bits per heavy atom. The topological polar surface area (TPSA) is 42.4 Å². The SMILES string of the molecule is OC1OC(C2CC2)c2cc(Cl)ncc21. The molecule has 0 amide bonds. The zero-order valence-electron chi connectivity index (χ0n) is 7.48. The molecule has 74 valence electrons. The second-order valence-corrected chi connectivity index (χ2v) is 4.27. The average Bonchev–Trinajstić information content (AvgIpc) is 2.93. The van der Waals surface area contributed by atoms with Crippen molar-refractivity contribution in [2.45, 2.75) is 25.2 Å². The van der Waals surface area contributed by atoms with Crippen LogP contribution >= 0.6 is 11.6 Å². The van der Waals surface area contributed by atoms with E-state index in [1.807, 2.05) is 0 Å². The largest absolute Gasteiger partial charge is 0.364 e. The maximum Gasteiger partial charge on any atom is 0.183 e. The lowest BCUT2D eigenvalue weighted by Crippen LogP contribution is -1.99. The summed E-state index contributed by atoms with van der Waals surface area (Å²) < 4.78 is 5.47. The third kappa shape index (κ3) is 1.24. The lowest BCUT2D eigenvalue weighted by molar-refractivity contribution is -0.126. The molecule has 2 unspecified atom stereocenters. The normalized spacial score (nSPS) is 30.4. The molecule has 0 spiro atoms. The van der Waals surface area contributed by atoms with E-state index in [9.17, 15) is 5.11 Å². The standard InChI is InChI=1S/C10H10ClNO2/c11-8-3-6-7(4-12-8)10(13)14-9(6)5-1-2-5/h3-5,9-10,13H,1-2H2. The molecule has 0 bridgehead atoms. The highest BCUT2D eigenvalue weighted by molar-refractivity contribution is 6.29. The molecule has 3 rings (SSSR count). The third-order valence-corrected chi connectivity index (χ3v) is 3.04. The zero-order chi connectivity index (χ0) is 9.71. The van der Waals surface area contributed by atoms with Gasteiger partial charge >= 0.3 is 0 Å². The van der Waals surface area contributed by atoms with Gasteiger partial charge in [0.25, 0.3) is 0 Å². The lowest BCUT2D eigenvalue weighted by atomic mass is 10.0.